The number of ether oxygens (including phenoxy) is 2. The molecule has 0 unspecified atom stereocenters. The lowest BCUT2D eigenvalue weighted by atomic mass is 10.6. The van der Waals surface area contributed by atoms with Crippen LogP contribution >= 0.6 is 0 Å². The van der Waals surface area contributed by atoms with Gasteiger partial charge in [-0.05, 0) is 0 Å². The Kier molecular flexibility index (Phi) is 4.40. The molecule has 0 aromatic heterocycles. The molecular weight excluding hydrogens is 164 g/mol. The van der Waals surface area contributed by atoms with Gasteiger partial charge in [0.2, 0.25) is 0 Å². The molecule has 0 saturated carbocycles. The zero-order valence-corrected chi connectivity index (χ0v) is 6.23. The van der Waals surface area contributed by atoms with Crippen LogP contribution in [0.2, 0.25) is 0 Å². The maximum absolute atomic E-state index is 10.4. The van der Waals surface area contributed by atoms with Gasteiger partial charge in [0, 0.05) is 12.2 Å². The molecule has 12 heavy (non-hydrogen) atoms. The monoisotopic (exact) mass is 172 g/mol. The summed E-state index contributed by atoms with van der Waals surface area (Å²) < 4.78 is 8.16. The van der Waals surface area contributed by atoms with Crippen LogP contribution < -0.4 is 0 Å². The van der Waals surface area contributed by atoms with Gasteiger partial charge in [-0.25, -0.2) is 9.59 Å². The Hall–Kier alpha value is -1.62. The van der Waals surface area contributed by atoms with Gasteiger partial charge in [0.25, 0.3) is 0 Å². The van der Waals surface area contributed by atoms with Gasteiger partial charge in [-0.2, -0.15) is 0 Å². The summed E-state index contributed by atoms with van der Waals surface area (Å²) in [6.07, 6.45) is 1.65. The maximum Gasteiger partial charge on any atom is 0.362 e. The van der Waals surface area contributed by atoms with Gasteiger partial charge in [0.15, 0.2) is 0 Å². The first-order chi connectivity index (χ1) is 5.60. The van der Waals surface area contributed by atoms with E-state index in [1.165, 1.54) is 0 Å². The molecule has 0 aliphatic heterocycles. The molecule has 0 radical (unpaired) electrons. The molecular formula is C7H8O5. The zero-order chi connectivity index (χ0) is 9.56. The van der Waals surface area contributed by atoms with E-state index in [0.29, 0.717) is 0 Å². The number of carbonyl (C=O) groups excluding carboxylic acids is 2. The van der Waals surface area contributed by atoms with E-state index in [-0.39, 0.29) is 0 Å². The highest BCUT2D eigenvalue weighted by atomic mass is 16.8. The van der Waals surface area contributed by atoms with Gasteiger partial charge >= 0.3 is 18.4 Å². The molecule has 0 atom stereocenters. The third-order valence-electron chi connectivity index (χ3n) is 0.767. The van der Waals surface area contributed by atoms with Crippen molar-refractivity contribution >= 4 is 11.9 Å². The number of aliphatic hydroxyl groups is 1. The molecule has 0 aliphatic rings. The van der Waals surface area contributed by atoms with E-state index in [4.69, 9.17) is 5.11 Å². The topological polar surface area (TPSA) is 72.8 Å². The Morgan fingerprint density at radius 1 is 1.17 bits per heavy atom. The van der Waals surface area contributed by atoms with Gasteiger partial charge in [0.05, 0.1) is 0 Å². The second kappa shape index (κ2) is 5.09. The minimum atomic E-state index is -1.92. The smallest absolute Gasteiger partial charge is 0.362 e. The van der Waals surface area contributed by atoms with Crippen LogP contribution in [0.3, 0.4) is 0 Å². The molecule has 0 amide bonds. The average molecular weight is 172 g/mol. The number of esters is 2. The summed E-state index contributed by atoms with van der Waals surface area (Å²) in [5.74, 6) is -1.78. The summed E-state index contributed by atoms with van der Waals surface area (Å²) in [6.45, 7) is 4.22. The second-order valence-electron chi connectivity index (χ2n) is 1.59. The highest BCUT2D eigenvalue weighted by Crippen LogP contribution is 1.92. The molecule has 0 aromatic rings. The lowest BCUT2D eigenvalue weighted by Gasteiger charge is -2.08. The molecule has 0 bridgehead atoms. The first kappa shape index (κ1) is 10.4. The Balaban J connectivity index is 3.80. The van der Waals surface area contributed by atoms with Crippen molar-refractivity contribution in [3.8, 4) is 0 Å². The zero-order valence-electron chi connectivity index (χ0n) is 6.23. The quantitative estimate of drug-likeness (QED) is 0.358. The summed E-state index contributed by atoms with van der Waals surface area (Å²) in [4.78, 5) is 20.7. The number of carbonyl (C=O) groups is 2. The molecule has 1 N–H and O–H groups in total. The SMILES string of the molecule is C=CC(=O)OC(O)OC(=O)C=C. The van der Waals surface area contributed by atoms with Gasteiger partial charge in [-0.1, -0.05) is 13.2 Å². The van der Waals surface area contributed by atoms with Gasteiger partial charge in [-0.15, -0.1) is 0 Å². The van der Waals surface area contributed by atoms with Crippen LogP contribution in [0.1, 0.15) is 0 Å². The van der Waals surface area contributed by atoms with E-state index in [2.05, 4.69) is 22.6 Å². The third-order valence-corrected chi connectivity index (χ3v) is 0.767. The lowest BCUT2D eigenvalue weighted by Crippen LogP contribution is -2.22. The first-order valence-electron chi connectivity index (χ1n) is 2.94. The molecule has 0 aromatic carbocycles. The summed E-state index contributed by atoms with van der Waals surface area (Å²) >= 11 is 0. The van der Waals surface area contributed by atoms with Crippen molar-refractivity contribution in [3.05, 3.63) is 25.3 Å². The predicted octanol–water partition coefficient (Wildman–Crippen LogP) is -0.279. The average Bonchev–Trinajstić information content (AvgIpc) is 2.03. The fraction of sp³-hybridized carbons (Fsp3) is 0.143. The molecule has 66 valence electrons. The molecule has 5 nitrogen and oxygen atoms in total. The van der Waals surface area contributed by atoms with Crippen molar-refractivity contribution in [2.45, 2.75) is 6.48 Å². The van der Waals surface area contributed by atoms with Gasteiger partial charge in [0.1, 0.15) is 0 Å². The van der Waals surface area contributed by atoms with E-state index < -0.39 is 18.4 Å². The maximum atomic E-state index is 10.4. The summed E-state index contributed by atoms with van der Waals surface area (Å²) in [5.41, 5.74) is 0. The van der Waals surface area contributed by atoms with E-state index >= 15 is 0 Å². The molecule has 0 aliphatic carbocycles. The standard InChI is InChI=1S/C7H8O5/c1-3-5(8)11-7(10)12-6(9)4-2/h3-4,7,10H,1-2H2. The number of hydrogen-bond donors (Lipinski definition) is 1. The van der Waals surface area contributed by atoms with E-state index in [9.17, 15) is 9.59 Å². The van der Waals surface area contributed by atoms with Crippen molar-refractivity contribution in [2.75, 3.05) is 0 Å². The van der Waals surface area contributed by atoms with Crippen LogP contribution in [0, 0.1) is 0 Å². The van der Waals surface area contributed by atoms with Crippen LogP contribution in [-0.2, 0) is 19.1 Å². The molecule has 0 spiro atoms. The van der Waals surface area contributed by atoms with Crippen molar-refractivity contribution < 1.29 is 24.2 Å². The van der Waals surface area contributed by atoms with Crippen molar-refractivity contribution in [2.24, 2.45) is 0 Å². The molecule has 0 fully saturated rings. The van der Waals surface area contributed by atoms with Gasteiger partial charge < -0.3 is 14.6 Å². The number of hydrogen-bond acceptors (Lipinski definition) is 5. The third kappa shape index (κ3) is 4.24. The summed E-state index contributed by atoms with van der Waals surface area (Å²) in [7, 11) is 0. The Morgan fingerprint density at radius 3 is 1.75 bits per heavy atom. The molecule has 0 rings (SSSR count). The van der Waals surface area contributed by atoms with E-state index in [0.717, 1.165) is 12.2 Å². The Morgan fingerprint density at radius 2 is 1.50 bits per heavy atom. The predicted molar refractivity (Wildman–Crippen MR) is 38.6 cm³/mol. The van der Waals surface area contributed by atoms with Crippen LogP contribution in [0.25, 0.3) is 0 Å². The van der Waals surface area contributed by atoms with Crippen LogP contribution in [0.15, 0.2) is 25.3 Å². The fourth-order valence-corrected chi connectivity index (χ4v) is 0.319. The second-order valence-corrected chi connectivity index (χ2v) is 1.59. The van der Waals surface area contributed by atoms with E-state index in [1.807, 2.05) is 0 Å². The number of aliphatic hydroxyl groups excluding tert-OH is 1. The van der Waals surface area contributed by atoms with Crippen LogP contribution in [0.5, 0.6) is 0 Å². The van der Waals surface area contributed by atoms with Crippen LogP contribution in [0.4, 0.5) is 0 Å². The lowest BCUT2D eigenvalue weighted by molar-refractivity contribution is -0.240. The molecule has 5 heteroatoms. The minimum absolute atomic E-state index is 0.824. The molecule has 0 heterocycles. The highest BCUT2D eigenvalue weighted by molar-refractivity contribution is 5.82. The van der Waals surface area contributed by atoms with Crippen molar-refractivity contribution in [1.82, 2.24) is 0 Å². The normalized spacial score (nSPS) is 8.83. The van der Waals surface area contributed by atoms with Crippen molar-refractivity contribution in [1.29, 1.82) is 0 Å². The van der Waals surface area contributed by atoms with Gasteiger partial charge in [-0.3, -0.25) is 0 Å². The number of rotatable bonds is 4. The first-order valence-corrected chi connectivity index (χ1v) is 2.94. The van der Waals surface area contributed by atoms with Crippen molar-refractivity contribution in [3.63, 3.8) is 0 Å². The fourth-order valence-electron chi connectivity index (χ4n) is 0.319. The minimum Gasteiger partial charge on any atom is -0.397 e. The summed E-state index contributed by atoms with van der Waals surface area (Å²) in [6, 6.07) is 0. The largest absolute Gasteiger partial charge is 0.397 e. The van der Waals surface area contributed by atoms with E-state index in [1.54, 1.807) is 0 Å². The Bertz CT molecular complexity index is 186. The Labute approximate surface area is 68.9 Å². The summed E-state index contributed by atoms with van der Waals surface area (Å²) in [5, 5.41) is 8.67. The van der Waals surface area contributed by atoms with Crippen LogP contribution in [-0.4, -0.2) is 23.5 Å². The highest BCUT2D eigenvalue weighted by Gasteiger charge is 2.11. The molecule has 0 saturated heterocycles.